The van der Waals surface area contributed by atoms with E-state index < -0.39 is 0 Å². The number of benzene rings is 1. The molecule has 94 valence electrons. The highest BCUT2D eigenvalue weighted by molar-refractivity contribution is 9.10. The molecule has 1 aromatic carbocycles. The van der Waals surface area contributed by atoms with E-state index in [0.717, 1.165) is 17.6 Å². The van der Waals surface area contributed by atoms with Crippen LogP contribution in [0.1, 0.15) is 27.7 Å². The highest BCUT2D eigenvalue weighted by Gasteiger charge is 2.37. The van der Waals surface area contributed by atoms with E-state index in [1.807, 2.05) is 0 Å². The van der Waals surface area contributed by atoms with Gasteiger partial charge in [0.25, 0.3) is 0 Å². The van der Waals surface area contributed by atoms with Crippen molar-refractivity contribution in [2.45, 2.75) is 38.8 Å². The third-order valence-corrected chi connectivity index (χ3v) is 3.90. The van der Waals surface area contributed by atoms with Gasteiger partial charge in [0.1, 0.15) is 0 Å². The normalized spacial score (nSPS) is 22.5. The zero-order chi connectivity index (χ0) is 12.7. The third-order valence-electron chi connectivity index (χ3n) is 3.40. The van der Waals surface area contributed by atoms with Crippen LogP contribution in [0, 0.1) is 0 Å². The molecule has 1 N–H and O–H groups in total. The number of halogens is 1. The van der Waals surface area contributed by atoms with Gasteiger partial charge in [0, 0.05) is 34.3 Å². The molecule has 0 amide bonds. The first-order chi connectivity index (χ1) is 7.80. The predicted octanol–water partition coefficient (Wildman–Crippen LogP) is 3.42. The maximum absolute atomic E-state index is 3.61. The topological polar surface area (TPSA) is 15.3 Å². The maximum Gasteiger partial charge on any atom is 0.0471 e. The van der Waals surface area contributed by atoms with Crippen molar-refractivity contribution in [3.05, 3.63) is 28.7 Å². The van der Waals surface area contributed by atoms with Crippen LogP contribution in [0.2, 0.25) is 0 Å². The van der Waals surface area contributed by atoms with E-state index in [2.05, 4.69) is 78.1 Å². The van der Waals surface area contributed by atoms with Crippen molar-refractivity contribution >= 4 is 21.6 Å². The van der Waals surface area contributed by atoms with Gasteiger partial charge < -0.3 is 10.2 Å². The Hall–Kier alpha value is -0.540. The van der Waals surface area contributed by atoms with Gasteiger partial charge in [-0.05, 0) is 45.9 Å². The molecule has 0 aromatic heterocycles. The molecule has 0 spiro atoms. The van der Waals surface area contributed by atoms with Crippen LogP contribution in [-0.2, 0) is 0 Å². The lowest BCUT2D eigenvalue weighted by Gasteiger charge is -2.51. The Labute approximate surface area is 113 Å². The Morgan fingerprint density at radius 2 is 1.94 bits per heavy atom. The molecule has 0 radical (unpaired) electrons. The van der Waals surface area contributed by atoms with Crippen molar-refractivity contribution in [3.63, 3.8) is 0 Å². The lowest BCUT2D eigenvalue weighted by Crippen LogP contribution is -2.66. The Balaban J connectivity index is 2.34. The predicted molar refractivity (Wildman–Crippen MR) is 77.6 cm³/mol. The van der Waals surface area contributed by atoms with Crippen LogP contribution in [-0.4, -0.2) is 24.2 Å². The number of nitrogens with zero attached hydrogens (tertiary/aromatic N) is 1. The Morgan fingerprint density at radius 1 is 1.24 bits per heavy atom. The molecule has 0 aliphatic carbocycles. The van der Waals surface area contributed by atoms with E-state index in [1.165, 1.54) is 5.69 Å². The van der Waals surface area contributed by atoms with E-state index in [4.69, 9.17) is 0 Å². The summed E-state index contributed by atoms with van der Waals surface area (Å²) in [4.78, 5) is 2.49. The Bertz CT molecular complexity index is 412. The fourth-order valence-electron chi connectivity index (χ4n) is 2.30. The number of hydrogen-bond acceptors (Lipinski definition) is 2. The summed E-state index contributed by atoms with van der Waals surface area (Å²) in [6.07, 6.45) is 0. The second kappa shape index (κ2) is 4.29. The molecule has 1 saturated heterocycles. The van der Waals surface area contributed by atoms with Crippen LogP contribution >= 0.6 is 15.9 Å². The van der Waals surface area contributed by atoms with E-state index in [1.54, 1.807) is 0 Å². The lowest BCUT2D eigenvalue weighted by molar-refractivity contribution is 0.261. The van der Waals surface area contributed by atoms with Crippen molar-refractivity contribution in [1.29, 1.82) is 0 Å². The van der Waals surface area contributed by atoms with E-state index in [-0.39, 0.29) is 11.1 Å². The summed E-state index contributed by atoms with van der Waals surface area (Å²) in [6.45, 7) is 11.1. The summed E-state index contributed by atoms with van der Waals surface area (Å²) in [5.74, 6) is 0. The molecule has 0 bridgehead atoms. The quantitative estimate of drug-likeness (QED) is 0.854. The second-order valence-electron chi connectivity index (χ2n) is 6.12. The second-order valence-corrected chi connectivity index (χ2v) is 7.03. The first kappa shape index (κ1) is 12.9. The molecule has 1 aromatic rings. The molecule has 1 heterocycles. The fraction of sp³-hybridized carbons (Fsp3) is 0.571. The minimum absolute atomic E-state index is 0.149. The minimum atomic E-state index is 0.149. The van der Waals surface area contributed by atoms with Gasteiger partial charge in [-0.25, -0.2) is 0 Å². The fourth-order valence-corrected chi connectivity index (χ4v) is 2.69. The van der Waals surface area contributed by atoms with E-state index >= 15 is 0 Å². The zero-order valence-corrected chi connectivity index (χ0v) is 12.6. The third kappa shape index (κ3) is 2.83. The minimum Gasteiger partial charge on any atom is -0.363 e. The standard InChI is InChI=1S/C14H21BrN2/c1-13(2)10-17(14(3,4)9-16-13)12-7-5-6-11(15)8-12/h5-8,16H,9-10H2,1-4H3. The number of anilines is 1. The summed E-state index contributed by atoms with van der Waals surface area (Å²) in [5, 5.41) is 3.61. The average Bonchev–Trinajstić information content (AvgIpc) is 2.22. The molecule has 2 rings (SSSR count). The van der Waals surface area contributed by atoms with Crippen molar-refractivity contribution in [1.82, 2.24) is 5.32 Å². The molecule has 1 fully saturated rings. The van der Waals surface area contributed by atoms with Gasteiger partial charge in [0.05, 0.1) is 0 Å². The van der Waals surface area contributed by atoms with Crippen LogP contribution in [0.25, 0.3) is 0 Å². The van der Waals surface area contributed by atoms with Gasteiger partial charge in [-0.2, -0.15) is 0 Å². The average molecular weight is 297 g/mol. The van der Waals surface area contributed by atoms with Crippen molar-refractivity contribution in [2.24, 2.45) is 0 Å². The summed E-state index contributed by atoms with van der Waals surface area (Å²) in [5.41, 5.74) is 1.60. The molecule has 1 aliphatic rings. The number of hydrogen-bond donors (Lipinski definition) is 1. The Morgan fingerprint density at radius 3 is 2.59 bits per heavy atom. The molecule has 17 heavy (non-hydrogen) atoms. The largest absolute Gasteiger partial charge is 0.363 e. The Kier molecular flexibility index (Phi) is 3.25. The van der Waals surface area contributed by atoms with E-state index in [9.17, 15) is 0 Å². The van der Waals surface area contributed by atoms with Crippen LogP contribution in [0.5, 0.6) is 0 Å². The van der Waals surface area contributed by atoms with Crippen LogP contribution in [0.4, 0.5) is 5.69 Å². The summed E-state index contributed by atoms with van der Waals surface area (Å²) in [6, 6.07) is 8.56. The molecule has 0 unspecified atom stereocenters. The highest BCUT2D eigenvalue weighted by Crippen LogP contribution is 2.31. The van der Waals surface area contributed by atoms with Gasteiger partial charge in [-0.15, -0.1) is 0 Å². The van der Waals surface area contributed by atoms with Crippen LogP contribution in [0.15, 0.2) is 28.7 Å². The summed E-state index contributed by atoms with van der Waals surface area (Å²) in [7, 11) is 0. The SMILES string of the molecule is CC1(C)CN(c2cccc(Br)c2)C(C)(C)CN1. The molecule has 2 nitrogen and oxygen atoms in total. The van der Waals surface area contributed by atoms with Crippen molar-refractivity contribution in [2.75, 3.05) is 18.0 Å². The first-order valence-electron chi connectivity index (χ1n) is 6.08. The molecular formula is C14H21BrN2. The summed E-state index contributed by atoms with van der Waals surface area (Å²) < 4.78 is 1.14. The van der Waals surface area contributed by atoms with Gasteiger partial charge in [-0.3, -0.25) is 0 Å². The van der Waals surface area contributed by atoms with Crippen molar-refractivity contribution < 1.29 is 0 Å². The highest BCUT2D eigenvalue weighted by atomic mass is 79.9. The monoisotopic (exact) mass is 296 g/mol. The molecule has 1 aliphatic heterocycles. The van der Waals surface area contributed by atoms with Gasteiger partial charge >= 0.3 is 0 Å². The van der Waals surface area contributed by atoms with Crippen molar-refractivity contribution in [3.8, 4) is 0 Å². The van der Waals surface area contributed by atoms with Gasteiger partial charge in [0.15, 0.2) is 0 Å². The molecule has 0 saturated carbocycles. The van der Waals surface area contributed by atoms with Crippen LogP contribution < -0.4 is 10.2 Å². The zero-order valence-electron chi connectivity index (χ0n) is 11.0. The number of nitrogens with one attached hydrogen (secondary N) is 1. The van der Waals surface area contributed by atoms with Gasteiger partial charge in [-0.1, -0.05) is 22.0 Å². The maximum atomic E-state index is 3.61. The number of rotatable bonds is 1. The molecule has 3 heteroatoms. The molecule has 0 atom stereocenters. The van der Waals surface area contributed by atoms with Gasteiger partial charge in [0.2, 0.25) is 0 Å². The summed E-state index contributed by atoms with van der Waals surface area (Å²) >= 11 is 3.55. The molecular weight excluding hydrogens is 276 g/mol. The van der Waals surface area contributed by atoms with Crippen LogP contribution in [0.3, 0.4) is 0 Å². The lowest BCUT2D eigenvalue weighted by atomic mass is 9.91. The smallest absolute Gasteiger partial charge is 0.0471 e. The first-order valence-corrected chi connectivity index (χ1v) is 6.88. The number of piperazine rings is 1. The van der Waals surface area contributed by atoms with E-state index in [0.29, 0.717) is 0 Å².